The minimum atomic E-state index is 0.00797. The van der Waals surface area contributed by atoms with Crippen molar-refractivity contribution in [3.05, 3.63) is 40.6 Å². The Morgan fingerprint density at radius 2 is 2.27 bits per heavy atom. The van der Waals surface area contributed by atoms with Crippen LogP contribution < -0.4 is 5.73 Å². The van der Waals surface area contributed by atoms with Crippen molar-refractivity contribution < 1.29 is 9.21 Å². The van der Waals surface area contributed by atoms with Crippen molar-refractivity contribution in [1.82, 2.24) is 14.7 Å². The lowest BCUT2D eigenvalue weighted by Gasteiger charge is -2.25. The van der Waals surface area contributed by atoms with Crippen LogP contribution in [0.15, 0.2) is 16.7 Å². The van der Waals surface area contributed by atoms with Crippen molar-refractivity contribution in [2.24, 2.45) is 12.8 Å². The van der Waals surface area contributed by atoms with Crippen LogP contribution in [0.25, 0.3) is 0 Å². The van der Waals surface area contributed by atoms with Crippen molar-refractivity contribution in [3.8, 4) is 0 Å². The third kappa shape index (κ3) is 2.33. The zero-order valence-corrected chi connectivity index (χ0v) is 13.3. The van der Waals surface area contributed by atoms with Gasteiger partial charge >= 0.3 is 0 Å². The highest BCUT2D eigenvalue weighted by Gasteiger charge is 2.34. The average molecular weight is 302 g/mol. The molecule has 1 aliphatic heterocycles. The molecule has 3 heterocycles. The number of carbonyl (C=O) groups excluding carboxylic acids is 1. The van der Waals surface area contributed by atoms with Crippen LogP contribution in [0.1, 0.15) is 52.0 Å². The number of amides is 1. The molecule has 6 heteroatoms. The Kier molecular flexibility index (Phi) is 3.78. The van der Waals surface area contributed by atoms with Crippen LogP contribution in [0, 0.1) is 13.8 Å². The number of likely N-dealkylation sites (tertiary alicyclic amines) is 1. The molecule has 2 N–H and O–H groups in total. The van der Waals surface area contributed by atoms with Crippen LogP contribution >= 0.6 is 0 Å². The molecule has 1 amide bonds. The number of aryl methyl sites for hydroxylation is 2. The Hall–Kier alpha value is -2.08. The number of carbonyl (C=O) groups is 1. The van der Waals surface area contributed by atoms with Gasteiger partial charge in [-0.1, -0.05) is 0 Å². The first-order valence-electron chi connectivity index (χ1n) is 7.61. The molecule has 0 aromatic carbocycles. The first kappa shape index (κ1) is 14.8. The van der Waals surface area contributed by atoms with Gasteiger partial charge in [-0.25, -0.2) is 0 Å². The molecule has 6 nitrogen and oxygen atoms in total. The van der Waals surface area contributed by atoms with Gasteiger partial charge in [0.25, 0.3) is 5.91 Å². The molecule has 3 rings (SSSR count). The largest absolute Gasteiger partial charge is 0.467 e. The zero-order chi connectivity index (χ0) is 15.9. The van der Waals surface area contributed by atoms with E-state index in [1.165, 1.54) is 11.8 Å². The van der Waals surface area contributed by atoms with E-state index in [0.29, 0.717) is 17.9 Å². The second-order valence-corrected chi connectivity index (χ2v) is 5.87. The number of furan rings is 1. The van der Waals surface area contributed by atoms with E-state index in [-0.39, 0.29) is 11.9 Å². The standard InChI is InChI=1S/C16H22N4O2/c1-10-15(11(2)19(3)18-10)14-5-4-6-20(14)16(21)12-7-13(8-17)22-9-12/h7,9,14H,4-6,8,17H2,1-3H3. The minimum Gasteiger partial charge on any atom is -0.467 e. The summed E-state index contributed by atoms with van der Waals surface area (Å²) >= 11 is 0. The quantitative estimate of drug-likeness (QED) is 0.941. The van der Waals surface area contributed by atoms with Crippen molar-refractivity contribution in [1.29, 1.82) is 0 Å². The van der Waals surface area contributed by atoms with Crippen molar-refractivity contribution in [3.63, 3.8) is 0 Å². The topological polar surface area (TPSA) is 77.3 Å². The molecule has 1 aliphatic rings. The highest BCUT2D eigenvalue weighted by atomic mass is 16.3. The second kappa shape index (κ2) is 5.61. The maximum absolute atomic E-state index is 12.8. The summed E-state index contributed by atoms with van der Waals surface area (Å²) < 4.78 is 7.18. The summed E-state index contributed by atoms with van der Waals surface area (Å²) in [5, 5.41) is 4.48. The van der Waals surface area contributed by atoms with E-state index in [2.05, 4.69) is 12.0 Å². The Bertz CT molecular complexity index is 701. The molecule has 0 spiro atoms. The van der Waals surface area contributed by atoms with E-state index in [0.717, 1.165) is 30.8 Å². The molecule has 0 saturated carbocycles. The SMILES string of the molecule is Cc1nn(C)c(C)c1C1CCCN1C(=O)c1coc(CN)c1. The smallest absolute Gasteiger partial charge is 0.257 e. The number of rotatable bonds is 3. The van der Waals surface area contributed by atoms with Crippen molar-refractivity contribution in [2.75, 3.05) is 6.54 Å². The second-order valence-electron chi connectivity index (χ2n) is 5.87. The van der Waals surface area contributed by atoms with Gasteiger partial charge in [-0.2, -0.15) is 5.10 Å². The third-order valence-electron chi connectivity index (χ3n) is 4.51. The first-order valence-corrected chi connectivity index (χ1v) is 7.61. The van der Waals surface area contributed by atoms with Crippen LogP contribution in [-0.2, 0) is 13.6 Å². The van der Waals surface area contributed by atoms with Gasteiger partial charge in [0, 0.05) is 24.8 Å². The van der Waals surface area contributed by atoms with E-state index in [4.69, 9.17) is 10.2 Å². The van der Waals surface area contributed by atoms with Gasteiger partial charge in [-0.3, -0.25) is 9.48 Å². The van der Waals surface area contributed by atoms with E-state index in [9.17, 15) is 4.79 Å². The summed E-state index contributed by atoms with van der Waals surface area (Å²) in [4.78, 5) is 14.7. The fourth-order valence-electron chi connectivity index (χ4n) is 3.35. The van der Waals surface area contributed by atoms with Gasteiger partial charge < -0.3 is 15.1 Å². The Morgan fingerprint density at radius 3 is 2.86 bits per heavy atom. The Balaban J connectivity index is 1.91. The highest BCUT2D eigenvalue weighted by molar-refractivity contribution is 5.94. The van der Waals surface area contributed by atoms with Gasteiger partial charge in [0.1, 0.15) is 12.0 Å². The molecule has 1 fully saturated rings. The molecule has 0 radical (unpaired) electrons. The lowest BCUT2D eigenvalue weighted by atomic mass is 10.0. The van der Waals surface area contributed by atoms with Gasteiger partial charge in [0.15, 0.2) is 0 Å². The highest BCUT2D eigenvalue weighted by Crippen LogP contribution is 2.36. The molecule has 1 unspecified atom stereocenters. The molecular formula is C16H22N4O2. The van der Waals surface area contributed by atoms with Gasteiger partial charge in [-0.05, 0) is 32.8 Å². The van der Waals surface area contributed by atoms with Crippen LogP contribution in [0.3, 0.4) is 0 Å². The number of nitrogens with two attached hydrogens (primary N) is 1. The third-order valence-corrected chi connectivity index (χ3v) is 4.51. The molecule has 1 saturated heterocycles. The van der Waals surface area contributed by atoms with Crippen molar-refractivity contribution >= 4 is 5.91 Å². The van der Waals surface area contributed by atoms with E-state index < -0.39 is 0 Å². The van der Waals surface area contributed by atoms with E-state index in [1.54, 1.807) is 6.07 Å². The monoisotopic (exact) mass is 302 g/mol. The fourth-order valence-corrected chi connectivity index (χ4v) is 3.35. The fraction of sp³-hybridized carbons (Fsp3) is 0.500. The van der Waals surface area contributed by atoms with Crippen molar-refractivity contribution in [2.45, 2.75) is 39.3 Å². The molecule has 118 valence electrons. The summed E-state index contributed by atoms with van der Waals surface area (Å²) in [6, 6.07) is 1.83. The number of aromatic nitrogens is 2. The maximum atomic E-state index is 12.8. The lowest BCUT2D eigenvalue weighted by Crippen LogP contribution is -2.30. The normalized spacial score (nSPS) is 18.2. The molecule has 0 bridgehead atoms. The predicted molar refractivity (Wildman–Crippen MR) is 82.3 cm³/mol. The molecule has 2 aromatic heterocycles. The van der Waals surface area contributed by atoms with Crippen LogP contribution in [0.2, 0.25) is 0 Å². The average Bonchev–Trinajstić information content (AvgIpc) is 3.19. The minimum absolute atomic E-state index is 0.00797. The van der Waals surface area contributed by atoms with E-state index in [1.807, 2.05) is 23.6 Å². The summed E-state index contributed by atoms with van der Waals surface area (Å²) in [7, 11) is 1.94. The summed E-state index contributed by atoms with van der Waals surface area (Å²) in [6.07, 6.45) is 3.48. The molecule has 2 aromatic rings. The van der Waals surface area contributed by atoms with Gasteiger partial charge in [0.05, 0.1) is 23.8 Å². The van der Waals surface area contributed by atoms with Gasteiger partial charge in [0.2, 0.25) is 0 Å². The molecule has 0 aliphatic carbocycles. The molecule has 22 heavy (non-hydrogen) atoms. The number of hydrogen-bond donors (Lipinski definition) is 1. The van der Waals surface area contributed by atoms with Gasteiger partial charge in [-0.15, -0.1) is 0 Å². The first-order chi connectivity index (χ1) is 10.5. The van der Waals surface area contributed by atoms with Crippen LogP contribution in [-0.4, -0.2) is 27.1 Å². The predicted octanol–water partition coefficient (Wildman–Crippen LogP) is 2.07. The summed E-state index contributed by atoms with van der Waals surface area (Å²) in [5.74, 6) is 0.640. The van der Waals surface area contributed by atoms with Crippen LogP contribution in [0.5, 0.6) is 0 Å². The zero-order valence-electron chi connectivity index (χ0n) is 13.3. The maximum Gasteiger partial charge on any atom is 0.257 e. The number of hydrogen-bond acceptors (Lipinski definition) is 4. The lowest BCUT2D eigenvalue weighted by molar-refractivity contribution is 0.0734. The number of nitrogens with zero attached hydrogens (tertiary/aromatic N) is 3. The Morgan fingerprint density at radius 1 is 1.50 bits per heavy atom. The van der Waals surface area contributed by atoms with E-state index >= 15 is 0 Å². The summed E-state index contributed by atoms with van der Waals surface area (Å²) in [5.41, 5.74) is 9.42. The Labute approximate surface area is 129 Å². The molecule has 1 atom stereocenters. The summed E-state index contributed by atoms with van der Waals surface area (Å²) in [6.45, 7) is 5.13. The van der Waals surface area contributed by atoms with Crippen LogP contribution in [0.4, 0.5) is 0 Å². The molecular weight excluding hydrogens is 280 g/mol.